The SMILES string of the molecule is N#Cc1c(-n2c3ccc(N(c4ccccc4)c4ccccc4)cc3c3cc(N(c4ccccc4)c4ccccc4)ccc32)cc(-c2cc(-c3ccccc3)nc(-c3ccccc3)c2)cc1-n1c2ccc(N(c3ccccc3)c3ccccc3)cc2c2cc(N(c3ccccc3)c3ccccc3)ccc21. The molecule has 0 aliphatic carbocycles. The van der Waals surface area contributed by atoms with E-state index >= 15 is 0 Å². The van der Waals surface area contributed by atoms with Gasteiger partial charge in [-0.2, -0.15) is 5.26 Å². The molecule has 0 amide bonds. The van der Waals surface area contributed by atoms with Crippen LogP contribution in [0.1, 0.15) is 5.56 Å². The van der Waals surface area contributed by atoms with Crippen molar-refractivity contribution < 1.29 is 0 Å². The lowest BCUT2D eigenvalue weighted by atomic mass is 9.97. The van der Waals surface area contributed by atoms with Crippen molar-refractivity contribution in [3.8, 4) is 51.1 Å². The quantitative estimate of drug-likeness (QED) is 0.0905. The number of hydrogen-bond donors (Lipinski definition) is 0. The fraction of sp³-hybridized carbons (Fsp3) is 0. The van der Waals surface area contributed by atoms with Crippen molar-refractivity contribution in [2.24, 2.45) is 0 Å². The van der Waals surface area contributed by atoms with E-state index in [0.29, 0.717) is 16.9 Å². The molecule has 18 aromatic rings. The van der Waals surface area contributed by atoms with Crippen LogP contribution in [0.5, 0.6) is 0 Å². The number of hydrogen-bond acceptors (Lipinski definition) is 6. The molecule has 0 saturated heterocycles. The van der Waals surface area contributed by atoms with E-state index in [-0.39, 0.29) is 0 Å². The van der Waals surface area contributed by atoms with Gasteiger partial charge in [-0.1, -0.05) is 206 Å². The summed E-state index contributed by atoms with van der Waals surface area (Å²) in [6, 6.07) is 144. The number of para-hydroxylation sites is 8. The second-order valence-corrected chi connectivity index (χ2v) is 25.9. The number of rotatable bonds is 17. The van der Waals surface area contributed by atoms with Gasteiger partial charge in [0.1, 0.15) is 11.6 Å². The second kappa shape index (κ2) is 27.1. The van der Waals surface area contributed by atoms with Crippen molar-refractivity contribution in [1.82, 2.24) is 14.1 Å². The first kappa shape index (κ1) is 62.0. The van der Waals surface area contributed by atoms with Crippen LogP contribution >= 0.6 is 0 Å². The Morgan fingerprint density at radius 1 is 0.212 bits per heavy atom. The van der Waals surface area contributed by atoms with Crippen LogP contribution in [0, 0.1) is 11.3 Å². The zero-order valence-electron chi connectivity index (χ0n) is 56.7. The molecule has 0 spiro atoms. The lowest BCUT2D eigenvalue weighted by Gasteiger charge is -2.26. The van der Waals surface area contributed by atoms with Gasteiger partial charge in [-0.25, -0.2) is 4.98 Å². The zero-order chi connectivity index (χ0) is 69.3. The summed E-state index contributed by atoms with van der Waals surface area (Å²) in [5.74, 6) is 0. The predicted octanol–water partition coefficient (Wildman–Crippen LogP) is 26.0. The van der Waals surface area contributed by atoms with Crippen molar-refractivity contribution in [2.45, 2.75) is 0 Å². The van der Waals surface area contributed by atoms with E-state index < -0.39 is 0 Å². The Hall–Kier alpha value is -14.3. The van der Waals surface area contributed by atoms with E-state index in [4.69, 9.17) is 4.98 Å². The molecule has 0 unspecified atom stereocenters. The highest BCUT2D eigenvalue weighted by Gasteiger charge is 2.28. The minimum atomic E-state index is 0.490. The van der Waals surface area contributed by atoms with Crippen LogP contribution in [0.15, 0.2) is 400 Å². The Labute approximate surface area is 604 Å². The summed E-state index contributed by atoms with van der Waals surface area (Å²) in [7, 11) is 0. The Balaban J connectivity index is 0.956. The van der Waals surface area contributed by atoms with E-state index in [1.807, 2.05) is 12.1 Å². The van der Waals surface area contributed by atoms with Crippen LogP contribution in [0.3, 0.4) is 0 Å². The summed E-state index contributed by atoms with van der Waals surface area (Å²) >= 11 is 0. The summed E-state index contributed by atoms with van der Waals surface area (Å²) in [5, 5.41) is 16.7. The van der Waals surface area contributed by atoms with Gasteiger partial charge in [0, 0.05) is 101 Å². The highest BCUT2D eigenvalue weighted by molar-refractivity contribution is 6.14. The molecule has 0 N–H and O–H groups in total. The molecule has 0 saturated carbocycles. The maximum absolute atomic E-state index is 12.7. The number of aromatic nitrogens is 3. The molecule has 3 heterocycles. The molecule has 0 radical (unpaired) electrons. The topological polar surface area (TPSA) is 59.5 Å². The van der Waals surface area contributed by atoms with E-state index in [9.17, 15) is 5.26 Å². The third-order valence-corrected chi connectivity index (χ3v) is 19.6. The van der Waals surface area contributed by atoms with Crippen LogP contribution < -0.4 is 19.6 Å². The normalized spacial score (nSPS) is 11.3. The number of fused-ring (bicyclic) bond motifs is 6. The van der Waals surface area contributed by atoms with Crippen LogP contribution in [-0.2, 0) is 0 Å². The van der Waals surface area contributed by atoms with Crippen molar-refractivity contribution in [1.29, 1.82) is 5.26 Å². The van der Waals surface area contributed by atoms with Crippen molar-refractivity contribution >= 4 is 112 Å². The molecule has 0 bridgehead atoms. The predicted molar refractivity (Wildman–Crippen MR) is 433 cm³/mol. The van der Waals surface area contributed by atoms with Crippen molar-refractivity contribution in [2.75, 3.05) is 19.6 Å². The largest absolute Gasteiger partial charge is 0.310 e. The maximum atomic E-state index is 12.7. The second-order valence-electron chi connectivity index (χ2n) is 25.9. The highest BCUT2D eigenvalue weighted by Crippen LogP contribution is 2.48. The van der Waals surface area contributed by atoms with Gasteiger partial charge in [0.2, 0.25) is 0 Å². The molecular formula is C96H66N8. The number of pyridine rings is 1. The summed E-state index contributed by atoms with van der Waals surface area (Å²) in [6.45, 7) is 0. The van der Waals surface area contributed by atoms with Gasteiger partial charge in [-0.3, -0.25) is 0 Å². The third kappa shape index (κ3) is 11.5. The van der Waals surface area contributed by atoms with Gasteiger partial charge >= 0.3 is 0 Å². The fourth-order valence-corrected chi connectivity index (χ4v) is 14.9. The van der Waals surface area contributed by atoms with Crippen LogP contribution in [0.4, 0.5) is 68.2 Å². The highest BCUT2D eigenvalue weighted by atomic mass is 15.2. The Kier molecular flexibility index (Phi) is 16.2. The third-order valence-electron chi connectivity index (χ3n) is 19.6. The number of nitriles is 1. The van der Waals surface area contributed by atoms with E-state index in [1.165, 1.54) is 0 Å². The van der Waals surface area contributed by atoms with Gasteiger partial charge < -0.3 is 28.7 Å². The Morgan fingerprint density at radius 3 is 0.644 bits per heavy atom. The smallest absolute Gasteiger partial charge is 0.104 e. The van der Waals surface area contributed by atoms with Crippen molar-refractivity contribution in [3.05, 3.63) is 406 Å². The Morgan fingerprint density at radius 2 is 0.423 bits per heavy atom. The maximum Gasteiger partial charge on any atom is 0.104 e. The van der Waals surface area contributed by atoms with Gasteiger partial charge in [-0.05, 0) is 205 Å². The van der Waals surface area contributed by atoms with Gasteiger partial charge in [0.05, 0.1) is 44.8 Å². The van der Waals surface area contributed by atoms with E-state index in [0.717, 1.165) is 146 Å². The number of benzene rings is 15. The van der Waals surface area contributed by atoms with E-state index in [2.05, 4.69) is 423 Å². The first-order chi connectivity index (χ1) is 51.6. The van der Waals surface area contributed by atoms with Gasteiger partial charge in [0.25, 0.3) is 0 Å². The lowest BCUT2D eigenvalue weighted by Crippen LogP contribution is -2.10. The standard InChI is InChI=1S/C96H66N8/c97-67-88-95(103-91-55-51-80(99(72-35-15-3-16-36-72)73-37-17-4-18-38-73)63-84(91)85-64-81(52-56-92(85)103)100(74-39-19-5-20-40-74)75-41-21-6-22-42-75)61-71(70-59-89(68-31-11-1-12-32-68)98-90(60-70)69-33-13-2-14-34-69)62-96(88)104-93-57-53-82(101(76-43-23-7-24-44-76)77-45-25-8-26-46-77)65-86(93)87-66-83(54-58-94(87)104)102(78-47-27-9-28-48-78)79-49-29-10-30-50-79/h1-66H. The first-order valence-corrected chi connectivity index (χ1v) is 35.1. The monoisotopic (exact) mass is 1330 g/mol. The molecule has 104 heavy (non-hydrogen) atoms. The molecule has 0 aliphatic heterocycles. The lowest BCUT2D eigenvalue weighted by molar-refractivity contribution is 1.12. The van der Waals surface area contributed by atoms with Crippen LogP contribution in [-0.4, -0.2) is 14.1 Å². The van der Waals surface area contributed by atoms with Crippen molar-refractivity contribution in [3.63, 3.8) is 0 Å². The fourth-order valence-electron chi connectivity index (χ4n) is 14.9. The summed E-state index contributed by atoms with van der Waals surface area (Å²) in [6.07, 6.45) is 0. The minimum absolute atomic E-state index is 0.490. The first-order valence-electron chi connectivity index (χ1n) is 35.1. The molecule has 490 valence electrons. The molecule has 8 nitrogen and oxygen atoms in total. The molecule has 0 aliphatic rings. The average Bonchev–Trinajstić information content (AvgIpc) is 1.56. The number of anilines is 12. The molecule has 15 aromatic carbocycles. The Bertz CT molecular complexity index is 5350. The molecule has 8 heteroatoms. The summed E-state index contributed by atoms with van der Waals surface area (Å²) in [4.78, 5) is 14.7. The molecular weight excluding hydrogens is 1270 g/mol. The molecule has 0 fully saturated rings. The van der Waals surface area contributed by atoms with Crippen LogP contribution in [0.25, 0.3) is 88.6 Å². The summed E-state index contributed by atoms with van der Waals surface area (Å²) in [5.41, 5.74) is 23.2. The summed E-state index contributed by atoms with van der Waals surface area (Å²) < 4.78 is 4.68. The van der Waals surface area contributed by atoms with Gasteiger partial charge in [-0.15, -0.1) is 0 Å². The molecule has 18 rings (SSSR count). The average molecular weight is 1330 g/mol. The molecule has 3 aromatic heterocycles. The zero-order valence-corrected chi connectivity index (χ0v) is 56.7. The van der Waals surface area contributed by atoms with Gasteiger partial charge in [0.15, 0.2) is 0 Å². The number of nitrogens with zero attached hydrogens (tertiary/aromatic N) is 8. The molecule has 0 atom stereocenters. The minimum Gasteiger partial charge on any atom is -0.310 e. The van der Waals surface area contributed by atoms with E-state index in [1.54, 1.807) is 0 Å². The van der Waals surface area contributed by atoms with Crippen LogP contribution in [0.2, 0.25) is 0 Å².